The number of allylic oxidation sites excluding steroid dienone is 1. The molecule has 1 saturated heterocycles. The average molecular weight is 312 g/mol. The van der Waals surface area contributed by atoms with E-state index in [-0.39, 0.29) is 5.54 Å². The molecule has 0 aromatic rings. The molecule has 0 spiro atoms. The fraction of sp³-hybridized carbons (Fsp3) is 0.800. The van der Waals surface area contributed by atoms with Crippen LogP contribution >= 0.6 is 0 Å². The van der Waals surface area contributed by atoms with Gasteiger partial charge in [-0.25, -0.2) is 4.79 Å². The third-order valence-corrected chi connectivity index (χ3v) is 7.88. The first-order valence-corrected chi connectivity index (χ1v) is 11.1. The summed E-state index contributed by atoms with van der Waals surface area (Å²) in [5.74, 6) is -0.864. The molecule has 0 aromatic carbocycles. The maximum absolute atomic E-state index is 11.8. The van der Waals surface area contributed by atoms with E-state index in [0.717, 1.165) is 0 Å². The lowest BCUT2D eigenvalue weighted by atomic mass is 9.75. The fourth-order valence-corrected chi connectivity index (χ4v) is 3.49. The standard InChI is InChI=1S/C15H29BO4Si/c1-10(12(13(17)18)11(2)21(7,8)9)16-19-14(3,4)15(5,6)20-16/h11H,1-9H3,(H,17,18). The van der Waals surface area contributed by atoms with Crippen molar-refractivity contribution in [3.05, 3.63) is 11.0 Å². The summed E-state index contributed by atoms with van der Waals surface area (Å²) in [5.41, 5.74) is 0.272. The summed E-state index contributed by atoms with van der Waals surface area (Å²) in [6.45, 7) is 18.3. The molecule has 0 amide bonds. The minimum atomic E-state index is -1.62. The van der Waals surface area contributed by atoms with Gasteiger partial charge in [-0.15, -0.1) is 0 Å². The van der Waals surface area contributed by atoms with Crippen LogP contribution in [0, 0.1) is 0 Å². The van der Waals surface area contributed by atoms with Gasteiger partial charge in [0.2, 0.25) is 0 Å². The summed E-state index contributed by atoms with van der Waals surface area (Å²) < 4.78 is 12.0. The van der Waals surface area contributed by atoms with Gasteiger partial charge in [-0.1, -0.05) is 26.6 Å². The van der Waals surface area contributed by atoms with Crippen molar-refractivity contribution in [1.29, 1.82) is 0 Å². The number of rotatable bonds is 4. The van der Waals surface area contributed by atoms with Gasteiger partial charge in [0.1, 0.15) is 0 Å². The predicted octanol–water partition coefficient (Wildman–Crippen LogP) is 3.75. The molecule has 1 rings (SSSR count). The second-order valence-corrected chi connectivity index (χ2v) is 13.7. The second-order valence-electron chi connectivity index (χ2n) is 8.08. The van der Waals surface area contributed by atoms with Gasteiger partial charge in [0.15, 0.2) is 0 Å². The van der Waals surface area contributed by atoms with Crippen molar-refractivity contribution >= 4 is 21.2 Å². The summed E-state index contributed by atoms with van der Waals surface area (Å²) in [4.78, 5) is 11.8. The van der Waals surface area contributed by atoms with Gasteiger partial charge >= 0.3 is 13.1 Å². The van der Waals surface area contributed by atoms with E-state index in [1.54, 1.807) is 0 Å². The van der Waals surface area contributed by atoms with Crippen LogP contribution in [0.1, 0.15) is 41.5 Å². The highest BCUT2D eigenvalue weighted by molar-refractivity contribution is 6.78. The van der Waals surface area contributed by atoms with Crippen molar-refractivity contribution in [3.8, 4) is 0 Å². The summed E-state index contributed by atoms with van der Waals surface area (Å²) in [5, 5.41) is 9.65. The topological polar surface area (TPSA) is 55.8 Å². The molecule has 0 aromatic heterocycles. The second kappa shape index (κ2) is 5.56. The van der Waals surface area contributed by atoms with E-state index in [0.29, 0.717) is 11.0 Å². The molecule has 6 heteroatoms. The summed E-state index contributed by atoms with van der Waals surface area (Å²) in [6.07, 6.45) is 0. The first-order chi connectivity index (χ1) is 9.21. The maximum Gasteiger partial charge on any atom is 0.490 e. The Labute approximate surface area is 130 Å². The molecule has 0 aliphatic carbocycles. The van der Waals surface area contributed by atoms with Crippen molar-refractivity contribution < 1.29 is 19.2 Å². The normalized spacial score (nSPS) is 23.8. The molecule has 1 fully saturated rings. The number of hydrogen-bond donors (Lipinski definition) is 1. The third-order valence-electron chi connectivity index (χ3n) is 4.99. The minimum Gasteiger partial charge on any atom is -0.478 e. The van der Waals surface area contributed by atoms with Gasteiger partial charge in [0.25, 0.3) is 0 Å². The summed E-state index contributed by atoms with van der Waals surface area (Å²) in [6, 6.07) is 0. The average Bonchev–Trinajstić information content (AvgIpc) is 2.46. The van der Waals surface area contributed by atoms with Crippen LogP contribution in [0.15, 0.2) is 11.0 Å². The Morgan fingerprint density at radius 1 is 1.10 bits per heavy atom. The highest BCUT2D eigenvalue weighted by atomic mass is 28.3. The van der Waals surface area contributed by atoms with Crippen LogP contribution in [0.4, 0.5) is 0 Å². The zero-order valence-electron chi connectivity index (χ0n) is 14.8. The molecule has 1 aliphatic rings. The highest BCUT2D eigenvalue weighted by Crippen LogP contribution is 2.41. The smallest absolute Gasteiger partial charge is 0.478 e. The van der Waals surface area contributed by atoms with Gasteiger partial charge in [-0.2, -0.15) is 0 Å². The molecule has 1 N–H and O–H groups in total. The number of hydrogen-bond acceptors (Lipinski definition) is 3. The van der Waals surface area contributed by atoms with Crippen LogP contribution < -0.4 is 0 Å². The lowest BCUT2D eigenvalue weighted by molar-refractivity contribution is -0.132. The lowest BCUT2D eigenvalue weighted by Crippen LogP contribution is -2.41. The number of carboxylic acid groups (broad SMARTS) is 1. The molecule has 1 unspecified atom stereocenters. The van der Waals surface area contributed by atoms with Gasteiger partial charge in [0, 0.05) is 5.57 Å². The van der Waals surface area contributed by atoms with Crippen LogP contribution in [0.3, 0.4) is 0 Å². The van der Waals surface area contributed by atoms with Gasteiger partial charge in [0.05, 0.1) is 19.3 Å². The number of aliphatic carboxylic acids is 1. The van der Waals surface area contributed by atoms with Gasteiger partial charge in [-0.05, 0) is 45.6 Å². The van der Waals surface area contributed by atoms with Crippen LogP contribution in [0.2, 0.25) is 25.2 Å². The third kappa shape index (κ3) is 3.60. The van der Waals surface area contributed by atoms with E-state index in [4.69, 9.17) is 9.31 Å². The Morgan fingerprint density at radius 3 is 1.76 bits per heavy atom. The highest BCUT2D eigenvalue weighted by Gasteiger charge is 2.52. The monoisotopic (exact) mass is 312 g/mol. The van der Waals surface area contributed by atoms with Crippen molar-refractivity contribution in [1.82, 2.24) is 0 Å². The Balaban J connectivity index is 3.23. The molecule has 1 atom stereocenters. The first-order valence-electron chi connectivity index (χ1n) is 7.50. The molecule has 0 bridgehead atoms. The number of carboxylic acids is 1. The quantitative estimate of drug-likeness (QED) is 0.634. The summed E-state index contributed by atoms with van der Waals surface area (Å²) >= 11 is 0. The van der Waals surface area contributed by atoms with E-state index in [1.807, 2.05) is 41.5 Å². The lowest BCUT2D eigenvalue weighted by Gasteiger charge is -2.32. The van der Waals surface area contributed by atoms with Gasteiger partial charge < -0.3 is 14.4 Å². The molecule has 0 saturated carbocycles. The molecule has 21 heavy (non-hydrogen) atoms. The summed E-state index contributed by atoms with van der Waals surface area (Å²) in [7, 11) is -2.20. The first kappa shape index (κ1) is 18.5. The SMILES string of the molecule is CC(B1OC(C)(C)C(C)(C)O1)=C(C(=O)O)C(C)[Si](C)(C)C. The Bertz CT molecular complexity index is 447. The maximum atomic E-state index is 11.8. The Morgan fingerprint density at radius 2 is 1.48 bits per heavy atom. The van der Waals surface area contributed by atoms with E-state index in [2.05, 4.69) is 19.6 Å². The molecule has 0 radical (unpaired) electrons. The van der Waals surface area contributed by atoms with Crippen LogP contribution in [0.25, 0.3) is 0 Å². The van der Waals surface area contributed by atoms with E-state index >= 15 is 0 Å². The molecule has 120 valence electrons. The van der Waals surface area contributed by atoms with Crippen LogP contribution in [-0.2, 0) is 14.1 Å². The van der Waals surface area contributed by atoms with Crippen molar-refractivity contribution in [2.24, 2.45) is 0 Å². The van der Waals surface area contributed by atoms with Crippen LogP contribution in [-0.4, -0.2) is 37.5 Å². The molecule has 1 heterocycles. The van der Waals surface area contributed by atoms with Crippen molar-refractivity contribution in [2.45, 2.75) is 77.9 Å². The predicted molar refractivity (Wildman–Crippen MR) is 89.2 cm³/mol. The van der Waals surface area contributed by atoms with Crippen molar-refractivity contribution in [3.63, 3.8) is 0 Å². The zero-order valence-corrected chi connectivity index (χ0v) is 15.8. The zero-order chi connectivity index (χ0) is 16.8. The fourth-order valence-electron chi connectivity index (χ4n) is 2.28. The van der Waals surface area contributed by atoms with E-state index in [1.165, 1.54) is 0 Å². The van der Waals surface area contributed by atoms with Crippen LogP contribution in [0.5, 0.6) is 0 Å². The largest absolute Gasteiger partial charge is 0.490 e. The minimum absolute atomic E-state index is 0.0361. The van der Waals surface area contributed by atoms with E-state index in [9.17, 15) is 9.90 Å². The molecular weight excluding hydrogens is 283 g/mol. The van der Waals surface area contributed by atoms with Crippen molar-refractivity contribution in [2.75, 3.05) is 0 Å². The molecule has 4 nitrogen and oxygen atoms in total. The Hall–Kier alpha value is -0.588. The molecule has 1 aliphatic heterocycles. The van der Waals surface area contributed by atoms with Gasteiger partial charge in [-0.3, -0.25) is 0 Å². The Kier molecular flexibility index (Phi) is 4.89. The number of carbonyl (C=O) groups is 1. The van der Waals surface area contributed by atoms with E-state index < -0.39 is 32.4 Å². The molecular formula is C15H29BO4Si.